The monoisotopic (exact) mass is 266 g/mol. The van der Waals surface area contributed by atoms with Crippen LogP contribution in [0.1, 0.15) is 25.7 Å². The van der Waals surface area contributed by atoms with E-state index in [1.807, 2.05) is 13.8 Å². The average molecular weight is 266 g/mol. The van der Waals surface area contributed by atoms with Crippen molar-refractivity contribution < 1.29 is 24.1 Å². The van der Waals surface area contributed by atoms with Gasteiger partial charge in [-0.15, -0.1) is 0 Å². The summed E-state index contributed by atoms with van der Waals surface area (Å²) in [5.74, 6) is -0.235. The first-order valence-corrected chi connectivity index (χ1v) is 6.08. The molecule has 0 amide bonds. The van der Waals surface area contributed by atoms with Gasteiger partial charge in [0.25, 0.3) is 0 Å². The Balaban J connectivity index is 2.16. The van der Waals surface area contributed by atoms with Gasteiger partial charge >= 0.3 is 5.97 Å². The van der Waals surface area contributed by atoms with Gasteiger partial charge in [-0.25, -0.2) is 4.79 Å². The molecule has 0 radical (unpaired) electrons. The third-order valence-electron chi connectivity index (χ3n) is 3.19. The van der Waals surface area contributed by atoms with Gasteiger partial charge in [0, 0.05) is 11.0 Å². The van der Waals surface area contributed by atoms with Crippen molar-refractivity contribution >= 4 is 5.97 Å². The minimum Gasteiger partial charge on any atom is -0.497 e. The molecule has 1 aromatic rings. The molecule has 0 aromatic heterocycles. The zero-order chi connectivity index (χ0) is 14.0. The van der Waals surface area contributed by atoms with Crippen LogP contribution in [0.4, 0.5) is 0 Å². The second kappa shape index (κ2) is 5.19. The fourth-order valence-corrected chi connectivity index (χ4v) is 2.04. The predicted molar refractivity (Wildman–Crippen MR) is 68.0 cm³/mol. The van der Waals surface area contributed by atoms with Crippen LogP contribution in [0.15, 0.2) is 24.3 Å². The molecule has 1 heterocycles. The van der Waals surface area contributed by atoms with Crippen LogP contribution in [0.2, 0.25) is 0 Å². The zero-order valence-corrected chi connectivity index (χ0v) is 11.3. The Morgan fingerprint density at radius 2 is 2.00 bits per heavy atom. The topological polar surface area (TPSA) is 65.0 Å². The number of hydrogen-bond donors (Lipinski definition) is 1. The van der Waals surface area contributed by atoms with E-state index in [4.69, 9.17) is 14.2 Å². The number of hydrogen-bond acceptors (Lipinski definition) is 4. The molecule has 2 atom stereocenters. The fourth-order valence-electron chi connectivity index (χ4n) is 2.04. The normalized spacial score (nSPS) is 25.8. The highest BCUT2D eigenvalue weighted by atomic mass is 16.7. The smallest absolute Gasteiger partial charge is 0.333 e. The molecule has 2 rings (SSSR count). The minimum atomic E-state index is -0.966. The number of methoxy groups -OCH3 is 1. The van der Waals surface area contributed by atoms with Crippen LogP contribution >= 0.6 is 0 Å². The summed E-state index contributed by atoms with van der Waals surface area (Å²) in [5, 5.41) is 9.22. The van der Waals surface area contributed by atoms with Crippen LogP contribution in [-0.4, -0.2) is 30.9 Å². The maximum absolute atomic E-state index is 11.2. The van der Waals surface area contributed by atoms with Crippen LogP contribution in [0.5, 0.6) is 5.75 Å². The number of carbonyl (C=O) groups is 1. The van der Waals surface area contributed by atoms with Crippen molar-refractivity contribution in [3.63, 3.8) is 0 Å². The van der Waals surface area contributed by atoms with Gasteiger partial charge < -0.3 is 19.3 Å². The van der Waals surface area contributed by atoms with Crippen molar-refractivity contribution in [2.75, 3.05) is 13.7 Å². The van der Waals surface area contributed by atoms with Crippen molar-refractivity contribution in [1.82, 2.24) is 0 Å². The lowest BCUT2D eigenvalue weighted by atomic mass is 9.86. The molecule has 19 heavy (non-hydrogen) atoms. The summed E-state index contributed by atoms with van der Waals surface area (Å²) in [6.45, 7) is 3.96. The molecule has 1 aromatic carbocycles. The molecule has 5 nitrogen and oxygen atoms in total. The number of carboxylic acids is 1. The molecule has 0 spiro atoms. The van der Waals surface area contributed by atoms with Crippen LogP contribution < -0.4 is 4.74 Å². The van der Waals surface area contributed by atoms with Crippen molar-refractivity contribution in [2.45, 2.75) is 26.2 Å². The highest BCUT2D eigenvalue weighted by molar-refractivity contribution is 5.73. The summed E-state index contributed by atoms with van der Waals surface area (Å²) in [4.78, 5) is 11.2. The SMILES string of the molecule is COc1ccc([C@H]2OCC(C)(C)[C@H](C(=O)O)O2)cc1. The molecule has 0 aliphatic carbocycles. The van der Waals surface area contributed by atoms with E-state index in [1.165, 1.54) is 0 Å². The summed E-state index contributed by atoms with van der Waals surface area (Å²) < 4.78 is 16.2. The van der Waals surface area contributed by atoms with Gasteiger partial charge in [0.1, 0.15) is 5.75 Å². The lowest BCUT2D eigenvalue weighted by Gasteiger charge is -2.39. The Kier molecular flexibility index (Phi) is 3.78. The summed E-state index contributed by atoms with van der Waals surface area (Å²) in [7, 11) is 1.59. The molecule has 1 saturated heterocycles. The first-order chi connectivity index (χ1) is 8.94. The van der Waals surface area contributed by atoms with E-state index in [0.29, 0.717) is 6.61 Å². The molecule has 1 aliphatic heterocycles. The van der Waals surface area contributed by atoms with E-state index < -0.39 is 23.8 Å². The van der Waals surface area contributed by atoms with Crippen molar-refractivity contribution in [3.05, 3.63) is 29.8 Å². The molecule has 0 bridgehead atoms. The quantitative estimate of drug-likeness (QED) is 0.908. The first kappa shape index (κ1) is 13.8. The van der Waals surface area contributed by atoms with Gasteiger partial charge in [-0.2, -0.15) is 0 Å². The number of aliphatic carboxylic acids is 1. The van der Waals surface area contributed by atoms with Crippen LogP contribution in [-0.2, 0) is 14.3 Å². The third-order valence-corrected chi connectivity index (χ3v) is 3.19. The maximum Gasteiger partial charge on any atom is 0.333 e. The van der Waals surface area contributed by atoms with E-state index >= 15 is 0 Å². The number of ether oxygens (including phenoxy) is 3. The second-order valence-electron chi connectivity index (χ2n) is 5.26. The molecule has 0 unspecified atom stereocenters. The lowest BCUT2D eigenvalue weighted by Crippen LogP contribution is -2.47. The largest absolute Gasteiger partial charge is 0.497 e. The predicted octanol–water partition coefficient (Wildman–Crippen LogP) is 2.22. The average Bonchev–Trinajstić information content (AvgIpc) is 2.38. The van der Waals surface area contributed by atoms with E-state index in [9.17, 15) is 9.90 Å². The van der Waals surface area contributed by atoms with E-state index in [1.54, 1.807) is 31.4 Å². The minimum absolute atomic E-state index is 0.334. The third kappa shape index (κ3) is 2.88. The van der Waals surface area contributed by atoms with Gasteiger partial charge in [-0.05, 0) is 12.1 Å². The molecule has 5 heteroatoms. The van der Waals surface area contributed by atoms with Gasteiger partial charge in [-0.3, -0.25) is 0 Å². The summed E-state index contributed by atoms with van der Waals surface area (Å²) in [6.07, 6.45) is -1.53. The number of benzene rings is 1. The van der Waals surface area contributed by atoms with Crippen LogP contribution in [0, 0.1) is 5.41 Å². The van der Waals surface area contributed by atoms with Crippen molar-refractivity contribution in [1.29, 1.82) is 0 Å². The molecule has 1 N–H and O–H groups in total. The number of rotatable bonds is 3. The number of carboxylic acid groups (broad SMARTS) is 1. The molecule has 104 valence electrons. The second-order valence-corrected chi connectivity index (χ2v) is 5.26. The lowest BCUT2D eigenvalue weighted by molar-refractivity contribution is -0.264. The Hall–Kier alpha value is -1.59. The summed E-state index contributed by atoms with van der Waals surface area (Å²) >= 11 is 0. The summed E-state index contributed by atoms with van der Waals surface area (Å²) in [5.41, 5.74) is 0.233. The fraction of sp³-hybridized carbons (Fsp3) is 0.500. The Morgan fingerprint density at radius 3 is 2.53 bits per heavy atom. The molecule has 0 saturated carbocycles. The van der Waals surface area contributed by atoms with Crippen LogP contribution in [0.3, 0.4) is 0 Å². The first-order valence-electron chi connectivity index (χ1n) is 6.08. The van der Waals surface area contributed by atoms with Crippen molar-refractivity contribution in [3.8, 4) is 5.75 Å². The standard InChI is InChI=1S/C14H18O5/c1-14(2)8-18-13(19-11(14)12(15)16)9-4-6-10(17-3)7-5-9/h4-7,11,13H,8H2,1-3H3,(H,15,16)/t11-,13-/m0/s1. The zero-order valence-electron chi connectivity index (χ0n) is 11.3. The summed E-state index contributed by atoms with van der Waals surface area (Å²) in [6, 6.07) is 7.19. The molecule has 1 fully saturated rings. The van der Waals surface area contributed by atoms with Crippen molar-refractivity contribution in [2.24, 2.45) is 5.41 Å². The molecular weight excluding hydrogens is 248 g/mol. The Labute approximate surface area is 112 Å². The van der Waals surface area contributed by atoms with E-state index in [2.05, 4.69) is 0 Å². The molecule has 1 aliphatic rings. The highest BCUT2D eigenvalue weighted by Gasteiger charge is 2.43. The van der Waals surface area contributed by atoms with Gasteiger partial charge in [-0.1, -0.05) is 26.0 Å². The van der Waals surface area contributed by atoms with Gasteiger partial charge in [0.15, 0.2) is 12.4 Å². The van der Waals surface area contributed by atoms with E-state index in [0.717, 1.165) is 11.3 Å². The highest BCUT2D eigenvalue weighted by Crippen LogP contribution is 2.36. The van der Waals surface area contributed by atoms with Gasteiger partial charge in [0.05, 0.1) is 13.7 Å². The van der Waals surface area contributed by atoms with Crippen LogP contribution in [0.25, 0.3) is 0 Å². The Bertz CT molecular complexity index is 451. The maximum atomic E-state index is 11.2. The molecular formula is C14H18O5. The Morgan fingerprint density at radius 1 is 1.37 bits per heavy atom. The van der Waals surface area contributed by atoms with E-state index in [-0.39, 0.29) is 0 Å². The van der Waals surface area contributed by atoms with Gasteiger partial charge in [0.2, 0.25) is 0 Å².